The van der Waals surface area contributed by atoms with Crippen LogP contribution in [-0.4, -0.2) is 18.3 Å². The predicted octanol–water partition coefficient (Wildman–Crippen LogP) is 6.29. The van der Waals surface area contributed by atoms with Crippen molar-refractivity contribution in [2.45, 2.75) is 72.1 Å². The molecule has 0 heterocycles. The van der Waals surface area contributed by atoms with Gasteiger partial charge in [0.05, 0.1) is 12.4 Å². The van der Waals surface area contributed by atoms with Gasteiger partial charge in [-0.05, 0) is 85.7 Å². The minimum Gasteiger partial charge on any atom is -0.498 e. The van der Waals surface area contributed by atoms with Gasteiger partial charge < -0.3 is 4.74 Å². The van der Waals surface area contributed by atoms with Crippen molar-refractivity contribution in [3.63, 3.8) is 0 Å². The smallest absolute Gasteiger partial charge is 0.137 e. The first-order valence-electron chi connectivity index (χ1n) is 11.1. The molecule has 0 unspecified atom stereocenters. The molecule has 0 spiro atoms. The monoisotopic (exact) mass is 390 g/mol. The molecular formula is C24H35ClO2. The van der Waals surface area contributed by atoms with Gasteiger partial charge in [0.1, 0.15) is 5.78 Å². The maximum Gasteiger partial charge on any atom is 0.137 e. The van der Waals surface area contributed by atoms with Crippen molar-refractivity contribution >= 4 is 17.4 Å². The Morgan fingerprint density at radius 1 is 1.22 bits per heavy atom. The van der Waals surface area contributed by atoms with Gasteiger partial charge >= 0.3 is 0 Å². The lowest BCUT2D eigenvalue weighted by molar-refractivity contribution is -0.129. The number of hydrogen-bond donors (Lipinski definition) is 0. The van der Waals surface area contributed by atoms with E-state index >= 15 is 0 Å². The lowest BCUT2D eigenvalue weighted by Crippen LogP contribution is -2.50. The normalized spacial score (nSPS) is 43.1. The van der Waals surface area contributed by atoms with Crippen LogP contribution in [0.3, 0.4) is 0 Å². The highest BCUT2D eigenvalue weighted by Crippen LogP contribution is 2.66. The first kappa shape index (κ1) is 19.6. The first-order chi connectivity index (χ1) is 12.9. The van der Waals surface area contributed by atoms with Gasteiger partial charge in [0.25, 0.3) is 0 Å². The Labute approximate surface area is 169 Å². The van der Waals surface area contributed by atoms with E-state index in [1.54, 1.807) is 0 Å². The molecule has 0 saturated heterocycles. The zero-order valence-electron chi connectivity index (χ0n) is 17.2. The van der Waals surface area contributed by atoms with Crippen LogP contribution in [0.4, 0.5) is 0 Å². The molecule has 3 heteroatoms. The van der Waals surface area contributed by atoms with E-state index in [2.05, 4.69) is 32.9 Å². The topological polar surface area (TPSA) is 26.3 Å². The molecule has 0 aliphatic heterocycles. The van der Waals surface area contributed by atoms with Gasteiger partial charge in [-0.2, -0.15) is 0 Å². The number of Topliss-reactive ketones (excluding diaryl/α,β-unsaturated/α-hetero) is 1. The molecule has 0 N–H and O–H groups in total. The fourth-order valence-corrected chi connectivity index (χ4v) is 7.58. The zero-order valence-corrected chi connectivity index (χ0v) is 18.0. The molecule has 2 nitrogen and oxygen atoms in total. The van der Waals surface area contributed by atoms with E-state index in [4.69, 9.17) is 16.3 Å². The van der Waals surface area contributed by atoms with Gasteiger partial charge in [0, 0.05) is 24.6 Å². The van der Waals surface area contributed by atoms with E-state index in [9.17, 15) is 4.79 Å². The Balaban J connectivity index is 1.60. The zero-order chi connectivity index (χ0) is 19.2. The maximum absolute atomic E-state index is 12.7. The third kappa shape index (κ3) is 3.02. The molecule has 0 amide bonds. The van der Waals surface area contributed by atoms with Crippen molar-refractivity contribution in [2.75, 3.05) is 12.5 Å². The Kier molecular flexibility index (Phi) is 5.25. The highest BCUT2D eigenvalue weighted by molar-refractivity contribution is 6.19. The number of carbonyl (C=O) groups is 1. The van der Waals surface area contributed by atoms with Crippen molar-refractivity contribution in [1.29, 1.82) is 0 Å². The molecule has 4 aliphatic rings. The molecule has 4 aliphatic carbocycles. The van der Waals surface area contributed by atoms with Gasteiger partial charge in [-0.1, -0.05) is 19.9 Å². The number of halogens is 1. The maximum atomic E-state index is 12.7. The summed E-state index contributed by atoms with van der Waals surface area (Å²) in [4.78, 5) is 12.7. The predicted molar refractivity (Wildman–Crippen MR) is 111 cm³/mol. The summed E-state index contributed by atoms with van der Waals surface area (Å²) >= 11 is 5.89. The standard InChI is InChI=1S/C24H35ClO2/c1-4-27-17-9-12-23(2)16(15-17)5-6-18-19-7-8-21(22(26)11-14-25)24(19,3)13-10-20(18)23/h5,15,18-21H,4,6-14H2,1-3H3/t18-,19-,20-,21+,23-,24-/m0/s1. The van der Waals surface area contributed by atoms with Crippen molar-refractivity contribution < 1.29 is 9.53 Å². The molecule has 2 fully saturated rings. The number of ether oxygens (including phenoxy) is 1. The summed E-state index contributed by atoms with van der Waals surface area (Å²) in [6.45, 7) is 7.76. The van der Waals surface area contributed by atoms with Crippen molar-refractivity contribution in [3.05, 3.63) is 23.5 Å². The number of ketones is 1. The molecule has 150 valence electrons. The van der Waals surface area contributed by atoms with Gasteiger partial charge in [0.15, 0.2) is 0 Å². The van der Waals surface area contributed by atoms with Crippen LogP contribution in [0.5, 0.6) is 0 Å². The second kappa shape index (κ2) is 7.25. The highest BCUT2D eigenvalue weighted by Gasteiger charge is 2.59. The van der Waals surface area contributed by atoms with E-state index < -0.39 is 0 Å². The number of alkyl halides is 1. The van der Waals surface area contributed by atoms with Crippen molar-refractivity contribution in [3.8, 4) is 0 Å². The second-order valence-electron chi connectivity index (χ2n) is 9.81. The summed E-state index contributed by atoms with van der Waals surface area (Å²) < 4.78 is 5.83. The first-order valence-corrected chi connectivity index (χ1v) is 11.6. The third-order valence-corrected chi connectivity index (χ3v) is 8.98. The summed E-state index contributed by atoms with van der Waals surface area (Å²) in [6.07, 6.45) is 13.7. The van der Waals surface area contributed by atoms with Crippen LogP contribution >= 0.6 is 11.6 Å². The summed E-state index contributed by atoms with van der Waals surface area (Å²) in [5.74, 6) is 4.52. The molecular weight excluding hydrogens is 356 g/mol. The van der Waals surface area contributed by atoms with E-state index in [1.165, 1.54) is 43.4 Å². The number of hydrogen-bond acceptors (Lipinski definition) is 2. The van der Waals surface area contributed by atoms with E-state index in [1.807, 2.05) is 0 Å². The average molecular weight is 391 g/mol. The Morgan fingerprint density at radius 2 is 2.04 bits per heavy atom. The van der Waals surface area contributed by atoms with Crippen LogP contribution in [0.25, 0.3) is 0 Å². The molecule has 6 atom stereocenters. The van der Waals surface area contributed by atoms with Gasteiger partial charge in [-0.15, -0.1) is 11.6 Å². The summed E-state index contributed by atoms with van der Waals surface area (Å²) in [5.41, 5.74) is 2.02. The molecule has 27 heavy (non-hydrogen) atoms. The highest BCUT2D eigenvalue weighted by atomic mass is 35.5. The van der Waals surface area contributed by atoms with Crippen LogP contribution in [0, 0.1) is 34.5 Å². The molecule has 0 aromatic rings. The molecule has 4 rings (SSSR count). The van der Waals surface area contributed by atoms with Crippen molar-refractivity contribution in [1.82, 2.24) is 0 Å². The van der Waals surface area contributed by atoms with Gasteiger partial charge in [-0.25, -0.2) is 0 Å². The van der Waals surface area contributed by atoms with Crippen LogP contribution in [0.1, 0.15) is 72.1 Å². The molecule has 2 saturated carbocycles. The summed E-state index contributed by atoms with van der Waals surface area (Å²) in [7, 11) is 0. The average Bonchev–Trinajstić information content (AvgIpc) is 3.00. The van der Waals surface area contributed by atoms with E-state index in [-0.39, 0.29) is 11.3 Å². The third-order valence-electron chi connectivity index (χ3n) is 8.79. The minimum atomic E-state index is 0.201. The fourth-order valence-electron chi connectivity index (χ4n) is 7.40. The largest absolute Gasteiger partial charge is 0.498 e. The number of allylic oxidation sites excluding steroid dienone is 4. The van der Waals surface area contributed by atoms with Crippen LogP contribution in [0.2, 0.25) is 0 Å². The summed E-state index contributed by atoms with van der Waals surface area (Å²) in [6, 6.07) is 0. The van der Waals surface area contributed by atoms with E-state index in [0.717, 1.165) is 31.3 Å². The van der Waals surface area contributed by atoms with Gasteiger partial charge in [-0.3, -0.25) is 4.79 Å². The molecule has 0 aromatic carbocycles. The van der Waals surface area contributed by atoms with Crippen LogP contribution in [-0.2, 0) is 9.53 Å². The summed E-state index contributed by atoms with van der Waals surface area (Å²) in [5, 5.41) is 0. The van der Waals surface area contributed by atoms with E-state index in [0.29, 0.717) is 29.4 Å². The number of carbonyl (C=O) groups excluding carboxylic acids is 1. The number of rotatable bonds is 5. The molecule has 0 aromatic heterocycles. The lowest BCUT2D eigenvalue weighted by atomic mass is 9.48. The Bertz CT molecular complexity index is 665. The van der Waals surface area contributed by atoms with Gasteiger partial charge in [0.2, 0.25) is 0 Å². The lowest BCUT2D eigenvalue weighted by Gasteiger charge is -2.57. The fraction of sp³-hybridized carbons (Fsp3) is 0.792. The molecule has 0 bridgehead atoms. The SMILES string of the molecule is CCOC1=CC2=CC[C@H]3[C@@H]4CC[C@H](C(=O)CCCl)[C@@]4(C)CC[C@@H]3[C@@]2(C)CC1. The van der Waals surface area contributed by atoms with Crippen molar-refractivity contribution in [2.24, 2.45) is 34.5 Å². The van der Waals surface area contributed by atoms with Crippen LogP contribution < -0.4 is 0 Å². The molecule has 0 radical (unpaired) electrons. The quantitative estimate of drug-likeness (QED) is 0.515. The second-order valence-corrected chi connectivity index (χ2v) is 10.2. The minimum absolute atomic E-state index is 0.201. The Morgan fingerprint density at radius 3 is 2.78 bits per heavy atom. The Hall–Kier alpha value is -0.760. The van der Waals surface area contributed by atoms with Crippen LogP contribution in [0.15, 0.2) is 23.5 Å². The number of fused-ring (bicyclic) bond motifs is 5.